The first-order valence-electron chi connectivity index (χ1n) is 5.55. The Morgan fingerprint density at radius 3 is 2.71 bits per heavy atom. The first kappa shape index (κ1) is 13.3. The highest BCUT2D eigenvalue weighted by atomic mass is 28.3. The molecule has 1 aromatic rings. The van der Waals surface area contributed by atoms with Gasteiger partial charge in [-0.3, -0.25) is 4.98 Å². The van der Waals surface area contributed by atoms with Crippen LogP contribution in [0.5, 0.6) is 0 Å². The van der Waals surface area contributed by atoms with Crippen molar-refractivity contribution in [3.8, 4) is 23.8 Å². The van der Waals surface area contributed by atoms with Crippen LogP contribution in [0.4, 0.5) is 0 Å². The van der Waals surface area contributed by atoms with Gasteiger partial charge in [-0.15, -0.1) is 12.0 Å². The third-order valence-electron chi connectivity index (χ3n) is 1.95. The fraction of sp³-hybridized carbons (Fsp3) is 0.267. The summed E-state index contributed by atoms with van der Waals surface area (Å²) in [5, 5.41) is 0. The number of terminal acetylenes is 1. The molecule has 0 saturated carbocycles. The summed E-state index contributed by atoms with van der Waals surface area (Å²) in [6.07, 6.45) is 8.96. The smallest absolute Gasteiger partial charge is 0.129 e. The van der Waals surface area contributed by atoms with Crippen LogP contribution < -0.4 is 0 Å². The van der Waals surface area contributed by atoms with Gasteiger partial charge in [-0.2, -0.15) is 0 Å². The van der Waals surface area contributed by atoms with Gasteiger partial charge in [0, 0.05) is 17.3 Å². The number of hydrogen-bond donors (Lipinski definition) is 0. The minimum atomic E-state index is -1.33. The number of allylic oxidation sites excluding steroid dienone is 1. The van der Waals surface area contributed by atoms with Crippen molar-refractivity contribution >= 4 is 14.1 Å². The van der Waals surface area contributed by atoms with Gasteiger partial charge in [0.25, 0.3) is 0 Å². The van der Waals surface area contributed by atoms with Crippen LogP contribution in [-0.4, -0.2) is 13.1 Å². The monoisotopic (exact) mass is 239 g/mol. The van der Waals surface area contributed by atoms with E-state index in [-0.39, 0.29) is 0 Å². The molecule has 0 aliphatic carbocycles. The lowest BCUT2D eigenvalue weighted by atomic mass is 10.2. The maximum absolute atomic E-state index is 5.31. The molecular weight excluding hydrogens is 222 g/mol. The first-order valence-corrected chi connectivity index (χ1v) is 9.05. The molecule has 0 unspecified atom stereocenters. The number of rotatable bonds is 1. The zero-order valence-electron chi connectivity index (χ0n) is 10.8. The Morgan fingerprint density at radius 2 is 2.12 bits per heavy atom. The minimum absolute atomic E-state index is 0.864. The highest BCUT2D eigenvalue weighted by molar-refractivity contribution is 6.83. The Labute approximate surface area is 105 Å². The third-order valence-corrected chi connectivity index (χ3v) is 2.83. The third kappa shape index (κ3) is 5.20. The van der Waals surface area contributed by atoms with E-state index in [2.05, 4.69) is 42.0 Å². The summed E-state index contributed by atoms with van der Waals surface area (Å²) in [7, 11) is -1.33. The van der Waals surface area contributed by atoms with Gasteiger partial charge in [0.05, 0.1) is 5.69 Å². The Kier molecular flexibility index (Phi) is 4.32. The fourth-order valence-electron chi connectivity index (χ4n) is 1.13. The van der Waals surface area contributed by atoms with E-state index in [1.165, 1.54) is 0 Å². The molecular formula is C15H17NSi. The van der Waals surface area contributed by atoms with E-state index in [1.54, 1.807) is 6.20 Å². The van der Waals surface area contributed by atoms with Crippen LogP contribution in [0.3, 0.4) is 0 Å². The van der Waals surface area contributed by atoms with E-state index < -0.39 is 8.07 Å². The van der Waals surface area contributed by atoms with Gasteiger partial charge in [0.15, 0.2) is 0 Å². The fourth-order valence-corrected chi connectivity index (χ4v) is 1.65. The van der Waals surface area contributed by atoms with Crippen molar-refractivity contribution in [2.75, 3.05) is 0 Å². The van der Waals surface area contributed by atoms with Crippen LogP contribution in [0.2, 0.25) is 19.6 Å². The zero-order chi connectivity index (χ0) is 12.9. The largest absolute Gasteiger partial charge is 0.257 e. The Bertz CT molecular complexity index is 531. The molecule has 0 amide bonds. The average Bonchev–Trinajstić information content (AvgIpc) is 2.26. The molecule has 0 fully saturated rings. The topological polar surface area (TPSA) is 12.9 Å². The molecule has 0 aromatic carbocycles. The molecule has 0 aliphatic heterocycles. The van der Waals surface area contributed by atoms with Crippen molar-refractivity contribution in [1.82, 2.24) is 4.98 Å². The molecule has 0 radical (unpaired) electrons. The lowest BCUT2D eigenvalue weighted by Crippen LogP contribution is -2.16. The van der Waals surface area contributed by atoms with Crippen molar-refractivity contribution in [3.05, 3.63) is 35.2 Å². The van der Waals surface area contributed by atoms with Gasteiger partial charge in [0.2, 0.25) is 0 Å². The molecule has 0 atom stereocenters. The number of aromatic nitrogens is 1. The molecule has 2 heteroatoms. The average molecular weight is 239 g/mol. The lowest BCUT2D eigenvalue weighted by molar-refractivity contribution is 1.28. The lowest BCUT2D eigenvalue weighted by Gasteiger charge is -2.03. The van der Waals surface area contributed by atoms with Crippen LogP contribution in [0, 0.1) is 23.8 Å². The summed E-state index contributed by atoms with van der Waals surface area (Å²) < 4.78 is 0. The molecule has 1 rings (SSSR count). The first-order chi connectivity index (χ1) is 7.90. The van der Waals surface area contributed by atoms with Crippen molar-refractivity contribution < 1.29 is 0 Å². The summed E-state index contributed by atoms with van der Waals surface area (Å²) in [6, 6.07) is 3.89. The SMILES string of the molecule is C#C/C(C)=C/c1cc(C#C[Si](C)(C)C)ccn1. The molecule has 1 aromatic heterocycles. The van der Waals surface area contributed by atoms with E-state index in [9.17, 15) is 0 Å². The highest BCUT2D eigenvalue weighted by Crippen LogP contribution is 2.06. The second-order valence-electron chi connectivity index (χ2n) is 4.94. The van der Waals surface area contributed by atoms with Gasteiger partial charge in [-0.05, 0) is 25.1 Å². The summed E-state index contributed by atoms with van der Waals surface area (Å²) in [5.74, 6) is 5.79. The predicted octanol–water partition coefficient (Wildman–Crippen LogP) is 3.35. The van der Waals surface area contributed by atoms with Crippen LogP contribution in [-0.2, 0) is 0 Å². The van der Waals surface area contributed by atoms with Gasteiger partial charge in [-0.1, -0.05) is 31.5 Å². The zero-order valence-corrected chi connectivity index (χ0v) is 11.8. The maximum atomic E-state index is 5.31. The quantitative estimate of drug-likeness (QED) is 0.541. The summed E-state index contributed by atoms with van der Waals surface area (Å²) >= 11 is 0. The number of pyridine rings is 1. The standard InChI is InChI=1S/C15H17NSi/c1-6-13(2)11-15-12-14(7-9-16-15)8-10-17(3,4)5/h1,7,9,11-12H,2-5H3/b13-11+. The second kappa shape index (κ2) is 5.52. The van der Waals surface area contributed by atoms with E-state index in [1.807, 2.05) is 25.1 Å². The van der Waals surface area contributed by atoms with Crippen LogP contribution in [0.1, 0.15) is 18.2 Å². The molecule has 0 spiro atoms. The molecule has 0 aliphatic rings. The van der Waals surface area contributed by atoms with Gasteiger partial charge in [-0.25, -0.2) is 0 Å². The molecule has 17 heavy (non-hydrogen) atoms. The van der Waals surface area contributed by atoms with Crippen molar-refractivity contribution in [2.45, 2.75) is 26.6 Å². The normalized spacial score (nSPS) is 11.4. The van der Waals surface area contributed by atoms with E-state index in [4.69, 9.17) is 6.42 Å². The summed E-state index contributed by atoms with van der Waals surface area (Å²) in [4.78, 5) is 4.24. The maximum Gasteiger partial charge on any atom is 0.129 e. The highest BCUT2D eigenvalue weighted by Gasteiger charge is 2.07. The predicted molar refractivity (Wildman–Crippen MR) is 76.9 cm³/mol. The van der Waals surface area contributed by atoms with Crippen LogP contribution in [0.25, 0.3) is 6.08 Å². The molecule has 86 valence electrons. The second-order valence-corrected chi connectivity index (χ2v) is 9.69. The van der Waals surface area contributed by atoms with Gasteiger partial charge >= 0.3 is 0 Å². The van der Waals surface area contributed by atoms with Gasteiger partial charge < -0.3 is 0 Å². The van der Waals surface area contributed by atoms with Crippen molar-refractivity contribution in [2.24, 2.45) is 0 Å². The molecule has 0 saturated heterocycles. The molecule has 0 bridgehead atoms. The van der Waals surface area contributed by atoms with Crippen molar-refractivity contribution in [3.63, 3.8) is 0 Å². The van der Waals surface area contributed by atoms with E-state index >= 15 is 0 Å². The molecule has 1 nitrogen and oxygen atoms in total. The molecule has 1 heterocycles. The van der Waals surface area contributed by atoms with Crippen LogP contribution >= 0.6 is 0 Å². The van der Waals surface area contributed by atoms with Crippen molar-refractivity contribution in [1.29, 1.82) is 0 Å². The number of nitrogens with zero attached hydrogens (tertiary/aromatic N) is 1. The Morgan fingerprint density at radius 1 is 1.41 bits per heavy atom. The van der Waals surface area contributed by atoms with E-state index in [0.717, 1.165) is 16.8 Å². The number of hydrogen-bond acceptors (Lipinski definition) is 1. The molecule has 0 N–H and O–H groups in total. The van der Waals surface area contributed by atoms with Crippen LogP contribution in [0.15, 0.2) is 23.9 Å². The summed E-state index contributed by atoms with van der Waals surface area (Å²) in [5.41, 5.74) is 6.06. The Hall–Kier alpha value is -1.77. The van der Waals surface area contributed by atoms with Gasteiger partial charge in [0.1, 0.15) is 8.07 Å². The minimum Gasteiger partial charge on any atom is -0.257 e. The van der Waals surface area contributed by atoms with E-state index in [0.29, 0.717) is 0 Å². The summed E-state index contributed by atoms with van der Waals surface area (Å²) in [6.45, 7) is 8.57. The Balaban J connectivity index is 3.02.